The van der Waals surface area contributed by atoms with E-state index in [0.717, 1.165) is 16.0 Å². The molecule has 0 aliphatic rings. The molecule has 0 aliphatic heterocycles. The van der Waals surface area contributed by atoms with Crippen LogP contribution in [0.3, 0.4) is 0 Å². The van der Waals surface area contributed by atoms with Gasteiger partial charge in [-0.2, -0.15) is 0 Å². The summed E-state index contributed by atoms with van der Waals surface area (Å²) < 4.78 is 15.6. The minimum atomic E-state index is -0.259. The molecule has 0 N–H and O–H groups in total. The van der Waals surface area contributed by atoms with E-state index in [1.807, 2.05) is 42.5 Å². The second kappa shape index (κ2) is 7.05. The van der Waals surface area contributed by atoms with Crippen LogP contribution in [-0.2, 0) is 12.8 Å². The fraction of sp³-hybridized carbons (Fsp3) is 0.100. The summed E-state index contributed by atoms with van der Waals surface area (Å²) in [6.45, 7) is 0. The summed E-state index contributed by atoms with van der Waals surface area (Å²) in [6.07, 6.45) is 0. The van der Waals surface area contributed by atoms with Crippen LogP contribution in [-0.4, -0.2) is 9.55 Å². The van der Waals surface area contributed by atoms with Crippen LogP contribution in [0.4, 0.5) is 4.39 Å². The fourth-order valence-corrected chi connectivity index (χ4v) is 4.68. The van der Waals surface area contributed by atoms with Crippen molar-refractivity contribution in [1.82, 2.24) is 9.55 Å². The van der Waals surface area contributed by atoms with Crippen molar-refractivity contribution < 1.29 is 4.39 Å². The molecule has 0 amide bonds. The van der Waals surface area contributed by atoms with Crippen molar-refractivity contribution in [3.63, 3.8) is 0 Å². The molecule has 0 saturated carbocycles. The van der Waals surface area contributed by atoms with E-state index in [0.29, 0.717) is 21.1 Å². The zero-order valence-electron chi connectivity index (χ0n) is 14.0. The number of halogens is 1. The molecule has 0 atom stereocenters. The Kier molecular flexibility index (Phi) is 4.61. The van der Waals surface area contributed by atoms with E-state index < -0.39 is 0 Å². The van der Waals surface area contributed by atoms with E-state index in [2.05, 4.69) is 4.98 Å². The van der Waals surface area contributed by atoms with Gasteiger partial charge in [-0.3, -0.25) is 9.36 Å². The van der Waals surface area contributed by atoms with Gasteiger partial charge in [0.05, 0.1) is 5.52 Å². The molecule has 4 aromatic rings. The molecule has 0 bridgehead atoms. The standard InChI is InChI=1S/C20H15FN2OS2/c1-23-19(24)18-16(11-17(26-18)14-7-3-2-4-8-14)22-20(23)25-12-13-6-5-9-15(21)10-13/h2-11H,12H2,1H3. The Morgan fingerprint density at radius 3 is 2.69 bits per heavy atom. The zero-order chi connectivity index (χ0) is 18.1. The van der Waals surface area contributed by atoms with Gasteiger partial charge in [-0.05, 0) is 29.3 Å². The summed E-state index contributed by atoms with van der Waals surface area (Å²) in [5.41, 5.74) is 2.59. The molecule has 0 aliphatic carbocycles. The Morgan fingerprint density at radius 1 is 1.12 bits per heavy atom. The average Bonchev–Trinajstić information content (AvgIpc) is 3.09. The predicted octanol–water partition coefficient (Wildman–Crippen LogP) is 5.09. The van der Waals surface area contributed by atoms with E-state index >= 15 is 0 Å². The summed E-state index contributed by atoms with van der Waals surface area (Å²) in [7, 11) is 1.73. The summed E-state index contributed by atoms with van der Waals surface area (Å²) in [5.74, 6) is 0.296. The van der Waals surface area contributed by atoms with Crippen molar-refractivity contribution in [1.29, 1.82) is 0 Å². The van der Waals surface area contributed by atoms with Crippen molar-refractivity contribution in [2.24, 2.45) is 7.05 Å². The van der Waals surface area contributed by atoms with Gasteiger partial charge in [-0.25, -0.2) is 9.37 Å². The number of thioether (sulfide) groups is 1. The summed E-state index contributed by atoms with van der Waals surface area (Å²) in [4.78, 5) is 18.4. The monoisotopic (exact) mass is 382 g/mol. The summed E-state index contributed by atoms with van der Waals surface area (Å²) in [6, 6.07) is 18.4. The molecule has 0 fully saturated rings. The third kappa shape index (κ3) is 3.30. The molecule has 2 aromatic carbocycles. The average molecular weight is 382 g/mol. The second-order valence-corrected chi connectivity index (χ2v) is 7.86. The number of benzene rings is 2. The number of thiophene rings is 1. The highest BCUT2D eigenvalue weighted by molar-refractivity contribution is 7.98. The molecule has 2 aromatic heterocycles. The Hall–Kier alpha value is -2.44. The lowest BCUT2D eigenvalue weighted by molar-refractivity contribution is 0.626. The van der Waals surface area contributed by atoms with Crippen molar-refractivity contribution >= 4 is 33.3 Å². The molecule has 6 heteroatoms. The van der Waals surface area contributed by atoms with Crippen LogP contribution in [0.2, 0.25) is 0 Å². The first kappa shape index (κ1) is 17.0. The first-order chi connectivity index (χ1) is 12.6. The first-order valence-electron chi connectivity index (χ1n) is 8.05. The van der Waals surface area contributed by atoms with Crippen molar-refractivity contribution in [3.05, 3.63) is 82.4 Å². The number of fused-ring (bicyclic) bond motifs is 1. The molecule has 0 unspecified atom stereocenters. The van der Waals surface area contributed by atoms with Gasteiger partial charge in [0.1, 0.15) is 10.5 Å². The van der Waals surface area contributed by atoms with Gasteiger partial charge in [-0.15, -0.1) is 11.3 Å². The molecular weight excluding hydrogens is 367 g/mol. The maximum Gasteiger partial charge on any atom is 0.271 e. The Balaban J connectivity index is 1.70. The lowest BCUT2D eigenvalue weighted by Crippen LogP contribution is -2.18. The summed E-state index contributed by atoms with van der Waals surface area (Å²) in [5, 5.41) is 0.629. The predicted molar refractivity (Wildman–Crippen MR) is 106 cm³/mol. The zero-order valence-corrected chi connectivity index (χ0v) is 15.6. The highest BCUT2D eigenvalue weighted by atomic mass is 32.2. The van der Waals surface area contributed by atoms with Crippen molar-refractivity contribution in [2.45, 2.75) is 10.9 Å². The molecule has 4 rings (SSSR count). The van der Waals surface area contributed by atoms with Gasteiger partial charge in [0.25, 0.3) is 5.56 Å². The van der Waals surface area contributed by atoms with Gasteiger partial charge in [0.15, 0.2) is 5.16 Å². The molecule has 26 heavy (non-hydrogen) atoms. The van der Waals surface area contributed by atoms with E-state index in [-0.39, 0.29) is 11.4 Å². The Labute approximate surface area is 158 Å². The number of rotatable bonds is 4. The van der Waals surface area contributed by atoms with Gasteiger partial charge in [-0.1, -0.05) is 54.2 Å². The van der Waals surface area contributed by atoms with Crippen LogP contribution in [0.25, 0.3) is 20.7 Å². The molecule has 0 spiro atoms. The fourth-order valence-electron chi connectivity index (χ4n) is 2.68. The van der Waals surface area contributed by atoms with Crippen LogP contribution in [0.5, 0.6) is 0 Å². The van der Waals surface area contributed by atoms with Gasteiger partial charge >= 0.3 is 0 Å². The molecule has 2 heterocycles. The number of hydrogen-bond donors (Lipinski definition) is 0. The molecule has 0 saturated heterocycles. The van der Waals surface area contributed by atoms with Crippen molar-refractivity contribution in [2.75, 3.05) is 0 Å². The second-order valence-electron chi connectivity index (χ2n) is 5.87. The summed E-state index contributed by atoms with van der Waals surface area (Å²) >= 11 is 2.89. The number of nitrogens with zero attached hydrogens (tertiary/aromatic N) is 2. The van der Waals surface area contributed by atoms with Crippen LogP contribution < -0.4 is 5.56 Å². The van der Waals surface area contributed by atoms with Crippen LogP contribution in [0, 0.1) is 5.82 Å². The quantitative estimate of drug-likeness (QED) is 0.364. The lowest BCUT2D eigenvalue weighted by atomic mass is 10.2. The van der Waals surface area contributed by atoms with E-state index in [1.165, 1.54) is 35.2 Å². The third-order valence-electron chi connectivity index (χ3n) is 4.03. The molecule has 130 valence electrons. The highest BCUT2D eigenvalue weighted by Crippen LogP contribution is 2.32. The molecule has 3 nitrogen and oxygen atoms in total. The van der Waals surface area contributed by atoms with E-state index in [9.17, 15) is 9.18 Å². The molecular formula is C20H15FN2OS2. The SMILES string of the molecule is Cn1c(SCc2cccc(F)c2)nc2cc(-c3ccccc3)sc2c1=O. The number of hydrogen-bond acceptors (Lipinski definition) is 4. The Bertz CT molecular complexity index is 1140. The van der Waals surface area contributed by atoms with Gasteiger partial charge in [0, 0.05) is 17.7 Å². The number of aromatic nitrogens is 2. The van der Waals surface area contributed by atoms with Crippen LogP contribution in [0.15, 0.2) is 70.6 Å². The van der Waals surface area contributed by atoms with Gasteiger partial charge in [0.2, 0.25) is 0 Å². The smallest absolute Gasteiger partial charge is 0.271 e. The lowest BCUT2D eigenvalue weighted by Gasteiger charge is -2.07. The van der Waals surface area contributed by atoms with Crippen LogP contribution in [0.1, 0.15) is 5.56 Å². The van der Waals surface area contributed by atoms with Crippen molar-refractivity contribution in [3.8, 4) is 10.4 Å². The minimum Gasteiger partial charge on any atom is -0.290 e. The topological polar surface area (TPSA) is 34.9 Å². The minimum absolute atomic E-state index is 0.0519. The van der Waals surface area contributed by atoms with Crippen LogP contribution >= 0.6 is 23.1 Å². The van der Waals surface area contributed by atoms with E-state index in [1.54, 1.807) is 17.7 Å². The first-order valence-corrected chi connectivity index (χ1v) is 9.85. The third-order valence-corrected chi connectivity index (χ3v) is 6.29. The van der Waals surface area contributed by atoms with Gasteiger partial charge < -0.3 is 0 Å². The van der Waals surface area contributed by atoms with E-state index in [4.69, 9.17) is 0 Å². The Morgan fingerprint density at radius 2 is 1.92 bits per heavy atom. The maximum atomic E-state index is 13.3. The highest BCUT2D eigenvalue weighted by Gasteiger charge is 2.13. The largest absolute Gasteiger partial charge is 0.290 e. The maximum absolute atomic E-state index is 13.3. The normalized spacial score (nSPS) is 11.2. The molecule has 0 radical (unpaired) electrons.